The van der Waals surface area contributed by atoms with E-state index in [1.54, 1.807) is 54.6 Å². The summed E-state index contributed by atoms with van der Waals surface area (Å²) in [5, 5.41) is 0. The van der Waals surface area contributed by atoms with Gasteiger partial charge in [-0.25, -0.2) is 8.42 Å². The van der Waals surface area contributed by atoms with E-state index in [0.717, 1.165) is 5.56 Å². The van der Waals surface area contributed by atoms with E-state index in [0.29, 0.717) is 11.3 Å². The van der Waals surface area contributed by atoms with Gasteiger partial charge in [0.2, 0.25) is 10.0 Å². The lowest BCUT2D eigenvalue weighted by Gasteiger charge is -2.07. The molecule has 0 bridgehead atoms. The van der Waals surface area contributed by atoms with E-state index in [1.165, 1.54) is 0 Å². The highest BCUT2D eigenvalue weighted by atomic mass is 32.2. The lowest BCUT2D eigenvalue weighted by atomic mass is 10.2. The van der Waals surface area contributed by atoms with Crippen LogP contribution in [0.1, 0.15) is 15.9 Å². The molecule has 0 aromatic heterocycles. The van der Waals surface area contributed by atoms with E-state index in [2.05, 4.69) is 4.72 Å². The highest BCUT2D eigenvalue weighted by Gasteiger charge is 2.17. The number of sulfonamides is 1. The number of aryl methyl sites for hydroxylation is 1. The molecule has 0 unspecified atom stereocenters. The SMILES string of the molecule is Cc1ccc(NS(=O)(=O)CC(=O)c2ccccc2)cc1. The molecule has 0 heterocycles. The molecule has 2 rings (SSSR count). The summed E-state index contributed by atoms with van der Waals surface area (Å²) in [6.45, 7) is 1.91. The van der Waals surface area contributed by atoms with Crippen molar-refractivity contribution in [2.24, 2.45) is 0 Å². The van der Waals surface area contributed by atoms with Gasteiger partial charge in [0.25, 0.3) is 0 Å². The molecule has 2 aromatic carbocycles. The van der Waals surface area contributed by atoms with Gasteiger partial charge in [0.05, 0.1) is 0 Å². The zero-order valence-electron chi connectivity index (χ0n) is 11.0. The van der Waals surface area contributed by atoms with E-state index in [4.69, 9.17) is 0 Å². The molecule has 0 fully saturated rings. The van der Waals surface area contributed by atoms with Crippen molar-refractivity contribution >= 4 is 21.5 Å². The first kappa shape index (κ1) is 14.3. The first-order valence-corrected chi connectivity index (χ1v) is 7.77. The van der Waals surface area contributed by atoms with Crippen LogP contribution in [0, 0.1) is 6.92 Å². The molecule has 0 atom stereocenters. The van der Waals surface area contributed by atoms with Crippen LogP contribution in [-0.2, 0) is 10.0 Å². The normalized spacial score (nSPS) is 11.1. The molecule has 0 radical (unpaired) electrons. The van der Waals surface area contributed by atoms with Crippen LogP contribution in [-0.4, -0.2) is 20.0 Å². The minimum atomic E-state index is -3.69. The van der Waals surface area contributed by atoms with Gasteiger partial charge >= 0.3 is 0 Å². The molecule has 0 aliphatic heterocycles. The maximum Gasteiger partial charge on any atom is 0.240 e. The molecule has 0 amide bonds. The van der Waals surface area contributed by atoms with Crippen molar-refractivity contribution in [2.45, 2.75) is 6.92 Å². The molecule has 0 saturated carbocycles. The highest BCUT2D eigenvalue weighted by Crippen LogP contribution is 2.11. The van der Waals surface area contributed by atoms with Crippen molar-refractivity contribution < 1.29 is 13.2 Å². The number of hydrogen-bond acceptors (Lipinski definition) is 3. The molecule has 4 nitrogen and oxygen atoms in total. The Hall–Kier alpha value is -2.14. The number of ketones is 1. The summed E-state index contributed by atoms with van der Waals surface area (Å²) in [6.07, 6.45) is 0. The summed E-state index contributed by atoms with van der Waals surface area (Å²) in [5.74, 6) is -0.990. The van der Waals surface area contributed by atoms with Crippen molar-refractivity contribution in [1.29, 1.82) is 0 Å². The van der Waals surface area contributed by atoms with E-state index in [9.17, 15) is 13.2 Å². The topological polar surface area (TPSA) is 63.2 Å². The molecule has 5 heteroatoms. The van der Waals surface area contributed by atoms with Crippen molar-refractivity contribution in [2.75, 3.05) is 10.5 Å². The Kier molecular flexibility index (Phi) is 4.20. The first-order valence-electron chi connectivity index (χ1n) is 6.12. The zero-order valence-corrected chi connectivity index (χ0v) is 11.9. The van der Waals surface area contributed by atoms with Crippen molar-refractivity contribution in [3.8, 4) is 0 Å². The Labute approximate surface area is 118 Å². The molecule has 0 aliphatic rings. The zero-order chi connectivity index (χ0) is 14.6. The lowest BCUT2D eigenvalue weighted by molar-refractivity contribution is 0.102. The summed E-state index contributed by atoms with van der Waals surface area (Å²) in [7, 11) is -3.69. The smallest absolute Gasteiger partial charge is 0.240 e. The second-order valence-corrected chi connectivity index (χ2v) is 6.24. The third kappa shape index (κ3) is 3.93. The van der Waals surface area contributed by atoms with Crippen LogP contribution in [0.4, 0.5) is 5.69 Å². The fourth-order valence-electron chi connectivity index (χ4n) is 1.72. The van der Waals surface area contributed by atoms with Gasteiger partial charge in [-0.1, -0.05) is 48.0 Å². The number of benzene rings is 2. The summed E-state index contributed by atoms with van der Waals surface area (Å²) in [6, 6.07) is 15.3. The largest absolute Gasteiger partial charge is 0.293 e. The first-order chi connectivity index (χ1) is 9.46. The standard InChI is InChI=1S/C15H15NO3S/c1-12-7-9-14(10-8-12)16-20(18,19)11-15(17)13-5-3-2-4-6-13/h2-10,16H,11H2,1H3. The molecule has 104 valence electrons. The van der Waals surface area contributed by atoms with Gasteiger partial charge in [-0.2, -0.15) is 0 Å². The lowest BCUT2D eigenvalue weighted by Crippen LogP contribution is -2.22. The van der Waals surface area contributed by atoms with Crippen LogP contribution in [0.2, 0.25) is 0 Å². The summed E-state index contributed by atoms with van der Waals surface area (Å²) < 4.78 is 26.3. The third-order valence-corrected chi connectivity index (χ3v) is 3.93. The monoisotopic (exact) mass is 289 g/mol. The number of anilines is 1. The van der Waals surface area contributed by atoms with Gasteiger partial charge in [0.1, 0.15) is 5.75 Å². The third-order valence-electron chi connectivity index (χ3n) is 2.74. The Balaban J connectivity index is 2.08. The fourth-order valence-corrected chi connectivity index (χ4v) is 2.80. The fraction of sp³-hybridized carbons (Fsp3) is 0.133. The van der Waals surface area contributed by atoms with Gasteiger partial charge in [-0.15, -0.1) is 0 Å². The van der Waals surface area contributed by atoms with Crippen LogP contribution >= 0.6 is 0 Å². The Bertz CT molecular complexity index is 692. The van der Waals surface area contributed by atoms with Crippen LogP contribution in [0.25, 0.3) is 0 Å². The number of carbonyl (C=O) groups excluding carboxylic acids is 1. The summed E-state index contributed by atoms with van der Waals surface area (Å²) >= 11 is 0. The van der Waals surface area contributed by atoms with Crippen LogP contribution < -0.4 is 4.72 Å². The van der Waals surface area contributed by atoms with E-state index >= 15 is 0 Å². The molecule has 0 spiro atoms. The van der Waals surface area contributed by atoms with Crippen LogP contribution in [0.15, 0.2) is 54.6 Å². The van der Waals surface area contributed by atoms with Crippen molar-refractivity contribution in [3.05, 3.63) is 65.7 Å². The van der Waals surface area contributed by atoms with Crippen LogP contribution in [0.5, 0.6) is 0 Å². The predicted octanol–water partition coefficient (Wildman–Crippen LogP) is 2.62. The number of rotatable bonds is 5. The quantitative estimate of drug-likeness (QED) is 0.861. The molecule has 20 heavy (non-hydrogen) atoms. The second-order valence-electron chi connectivity index (χ2n) is 4.52. The van der Waals surface area contributed by atoms with Crippen molar-refractivity contribution in [1.82, 2.24) is 0 Å². The predicted molar refractivity (Wildman–Crippen MR) is 79.4 cm³/mol. The van der Waals surface area contributed by atoms with Gasteiger partial charge in [0, 0.05) is 11.3 Å². The number of nitrogens with one attached hydrogen (secondary N) is 1. The molecule has 1 N–H and O–H groups in total. The van der Waals surface area contributed by atoms with E-state index in [-0.39, 0.29) is 0 Å². The molecule has 2 aromatic rings. The molecular formula is C15H15NO3S. The highest BCUT2D eigenvalue weighted by molar-refractivity contribution is 7.93. The molecule has 0 saturated heterocycles. The minimum Gasteiger partial charge on any atom is -0.293 e. The Morgan fingerprint density at radius 2 is 1.60 bits per heavy atom. The average molecular weight is 289 g/mol. The van der Waals surface area contributed by atoms with Gasteiger partial charge in [-0.05, 0) is 19.1 Å². The average Bonchev–Trinajstić information content (AvgIpc) is 2.41. The van der Waals surface area contributed by atoms with Crippen molar-refractivity contribution in [3.63, 3.8) is 0 Å². The second kappa shape index (κ2) is 5.88. The van der Waals surface area contributed by atoms with Gasteiger partial charge in [0.15, 0.2) is 5.78 Å². The number of carbonyl (C=O) groups is 1. The Morgan fingerprint density at radius 1 is 1.00 bits per heavy atom. The Morgan fingerprint density at radius 3 is 2.20 bits per heavy atom. The number of Topliss-reactive ketones (excluding diaryl/α,β-unsaturated/α-hetero) is 1. The minimum absolute atomic E-state index is 0.391. The number of hydrogen-bond donors (Lipinski definition) is 1. The maximum absolute atomic E-state index is 11.9. The summed E-state index contributed by atoms with van der Waals surface area (Å²) in [4.78, 5) is 11.9. The summed E-state index contributed by atoms with van der Waals surface area (Å²) in [5.41, 5.74) is 1.88. The molecule has 0 aliphatic carbocycles. The maximum atomic E-state index is 11.9. The van der Waals surface area contributed by atoms with Gasteiger partial charge in [-0.3, -0.25) is 9.52 Å². The van der Waals surface area contributed by atoms with E-state index in [1.807, 2.05) is 6.92 Å². The van der Waals surface area contributed by atoms with Crippen LogP contribution in [0.3, 0.4) is 0 Å². The van der Waals surface area contributed by atoms with E-state index < -0.39 is 21.6 Å². The molecular weight excluding hydrogens is 274 g/mol. The van der Waals surface area contributed by atoms with Gasteiger partial charge < -0.3 is 0 Å².